The zero-order valence-electron chi connectivity index (χ0n) is 7.10. The molecule has 68 valence electrons. The first-order valence-corrected chi connectivity index (χ1v) is 3.98. The lowest BCUT2D eigenvalue weighted by atomic mass is 10.1. The second-order valence-electron chi connectivity index (χ2n) is 2.51. The van der Waals surface area contributed by atoms with Crippen LogP contribution in [0.3, 0.4) is 0 Å². The highest BCUT2D eigenvalue weighted by molar-refractivity contribution is 5.96. The number of ketones is 1. The van der Waals surface area contributed by atoms with Crippen molar-refractivity contribution < 1.29 is 14.3 Å². The van der Waals surface area contributed by atoms with Crippen LogP contribution in [0.25, 0.3) is 0 Å². The highest BCUT2D eigenvalue weighted by Crippen LogP contribution is 2.02. The summed E-state index contributed by atoms with van der Waals surface area (Å²) in [4.78, 5) is 21.1. The zero-order valence-corrected chi connectivity index (χ0v) is 7.10. The molecule has 0 radical (unpaired) electrons. The van der Waals surface area contributed by atoms with Gasteiger partial charge in [-0.2, -0.15) is 0 Å². The van der Waals surface area contributed by atoms with Gasteiger partial charge < -0.3 is 4.74 Å². The molecule has 0 aliphatic heterocycles. The van der Waals surface area contributed by atoms with E-state index in [4.69, 9.17) is 0 Å². The Kier molecular flexibility index (Phi) is 3.70. The van der Waals surface area contributed by atoms with Crippen molar-refractivity contribution in [1.29, 1.82) is 0 Å². The summed E-state index contributed by atoms with van der Waals surface area (Å²) in [6.45, 7) is 0.496. The highest BCUT2D eigenvalue weighted by atomic mass is 16.5. The van der Waals surface area contributed by atoms with Gasteiger partial charge in [-0.3, -0.25) is 9.59 Å². The number of hydrogen-bond donors (Lipinski definition) is 0. The number of benzene rings is 1. The van der Waals surface area contributed by atoms with Gasteiger partial charge in [0.05, 0.1) is 6.61 Å². The molecule has 13 heavy (non-hydrogen) atoms. The molecule has 0 amide bonds. The molecule has 0 N–H and O–H groups in total. The van der Waals surface area contributed by atoms with E-state index in [-0.39, 0.29) is 18.8 Å². The topological polar surface area (TPSA) is 43.4 Å². The predicted octanol–water partition coefficient (Wildman–Crippen LogP) is 1.43. The number of rotatable bonds is 5. The van der Waals surface area contributed by atoms with E-state index in [2.05, 4.69) is 4.74 Å². The van der Waals surface area contributed by atoms with Gasteiger partial charge in [0.25, 0.3) is 6.47 Å². The highest BCUT2D eigenvalue weighted by Gasteiger charge is 2.03. The van der Waals surface area contributed by atoms with Crippen LogP contribution in [0, 0.1) is 0 Å². The largest absolute Gasteiger partial charge is 0.467 e. The zero-order chi connectivity index (χ0) is 9.52. The average Bonchev–Trinajstić information content (AvgIpc) is 2.19. The van der Waals surface area contributed by atoms with Gasteiger partial charge in [0.1, 0.15) is 0 Å². The van der Waals surface area contributed by atoms with E-state index in [1.54, 1.807) is 24.3 Å². The van der Waals surface area contributed by atoms with Crippen molar-refractivity contribution in [1.82, 2.24) is 0 Å². The molecule has 3 heteroatoms. The summed E-state index contributed by atoms with van der Waals surface area (Å²) in [5, 5.41) is 0. The molecule has 0 unspecified atom stereocenters. The summed E-state index contributed by atoms with van der Waals surface area (Å²) >= 11 is 0. The summed E-state index contributed by atoms with van der Waals surface area (Å²) in [5.74, 6) is -0.0116. The molecule has 1 rings (SSSR count). The quantitative estimate of drug-likeness (QED) is 0.389. The molecule has 0 saturated heterocycles. The van der Waals surface area contributed by atoms with Crippen LogP contribution in [0.2, 0.25) is 0 Å². The maximum absolute atomic E-state index is 11.3. The third-order valence-electron chi connectivity index (χ3n) is 1.61. The van der Waals surface area contributed by atoms with Crippen molar-refractivity contribution in [2.45, 2.75) is 6.42 Å². The van der Waals surface area contributed by atoms with Crippen LogP contribution < -0.4 is 0 Å². The van der Waals surface area contributed by atoms with E-state index in [0.29, 0.717) is 12.0 Å². The van der Waals surface area contributed by atoms with Crippen molar-refractivity contribution in [2.75, 3.05) is 6.61 Å². The molecule has 0 saturated carbocycles. The molecule has 0 spiro atoms. The minimum absolute atomic E-state index is 0.0116. The van der Waals surface area contributed by atoms with Crippen LogP contribution in [0.4, 0.5) is 0 Å². The molecular formula is C10H10O3. The molecule has 0 aliphatic carbocycles. The fraction of sp³-hybridized carbons (Fsp3) is 0.200. The van der Waals surface area contributed by atoms with Gasteiger partial charge in [-0.25, -0.2) is 0 Å². The Morgan fingerprint density at radius 3 is 2.62 bits per heavy atom. The monoisotopic (exact) mass is 178 g/mol. The molecular weight excluding hydrogens is 168 g/mol. The van der Waals surface area contributed by atoms with E-state index in [1.165, 1.54) is 0 Å². The third kappa shape index (κ3) is 3.07. The second kappa shape index (κ2) is 5.09. The molecule has 1 aromatic carbocycles. The predicted molar refractivity (Wildman–Crippen MR) is 47.4 cm³/mol. The average molecular weight is 178 g/mol. The summed E-state index contributed by atoms with van der Waals surface area (Å²) in [5.41, 5.74) is 0.650. The van der Waals surface area contributed by atoms with Gasteiger partial charge in [-0.15, -0.1) is 0 Å². The fourth-order valence-corrected chi connectivity index (χ4v) is 0.968. The molecule has 0 fully saturated rings. The lowest BCUT2D eigenvalue weighted by Crippen LogP contribution is -2.03. The van der Waals surface area contributed by atoms with Crippen molar-refractivity contribution in [3.05, 3.63) is 35.9 Å². The van der Waals surface area contributed by atoms with Crippen molar-refractivity contribution in [3.63, 3.8) is 0 Å². The van der Waals surface area contributed by atoms with E-state index in [0.717, 1.165) is 0 Å². The van der Waals surface area contributed by atoms with Gasteiger partial charge in [-0.1, -0.05) is 30.3 Å². The number of carbonyl (C=O) groups excluding carboxylic acids is 2. The van der Waals surface area contributed by atoms with Crippen molar-refractivity contribution in [3.8, 4) is 0 Å². The minimum Gasteiger partial charge on any atom is -0.467 e. The molecule has 0 aromatic heterocycles. The first kappa shape index (κ1) is 9.45. The van der Waals surface area contributed by atoms with Crippen LogP contribution in [0.15, 0.2) is 30.3 Å². The Morgan fingerprint density at radius 1 is 1.31 bits per heavy atom. The SMILES string of the molecule is O=COCCC(=O)c1ccccc1. The molecule has 0 atom stereocenters. The standard InChI is InChI=1S/C10H10O3/c11-8-13-7-6-10(12)9-4-2-1-3-5-9/h1-5,8H,6-7H2. The lowest BCUT2D eigenvalue weighted by Gasteiger charge is -1.98. The number of carbonyl (C=O) groups is 2. The van der Waals surface area contributed by atoms with Gasteiger partial charge in [0, 0.05) is 12.0 Å². The summed E-state index contributed by atoms with van der Waals surface area (Å²) in [6.07, 6.45) is 0.239. The Balaban J connectivity index is 2.45. The van der Waals surface area contributed by atoms with Crippen LogP contribution in [0.5, 0.6) is 0 Å². The minimum atomic E-state index is -0.0116. The van der Waals surface area contributed by atoms with E-state index in [9.17, 15) is 9.59 Å². The summed E-state index contributed by atoms with van der Waals surface area (Å²) in [7, 11) is 0. The van der Waals surface area contributed by atoms with Crippen molar-refractivity contribution >= 4 is 12.3 Å². The Bertz CT molecular complexity index is 279. The third-order valence-corrected chi connectivity index (χ3v) is 1.61. The summed E-state index contributed by atoms with van der Waals surface area (Å²) in [6, 6.07) is 8.92. The van der Waals surface area contributed by atoms with Gasteiger partial charge in [0.2, 0.25) is 0 Å². The van der Waals surface area contributed by atoms with Gasteiger partial charge in [0.15, 0.2) is 5.78 Å². The molecule has 0 bridgehead atoms. The smallest absolute Gasteiger partial charge is 0.293 e. The molecule has 3 nitrogen and oxygen atoms in total. The fourth-order valence-electron chi connectivity index (χ4n) is 0.968. The molecule has 1 aromatic rings. The maximum Gasteiger partial charge on any atom is 0.293 e. The lowest BCUT2D eigenvalue weighted by molar-refractivity contribution is -0.128. The van der Waals surface area contributed by atoms with Crippen LogP contribution in [-0.4, -0.2) is 18.9 Å². The van der Waals surface area contributed by atoms with E-state index in [1.807, 2.05) is 6.07 Å². The molecule has 0 aliphatic rings. The summed E-state index contributed by atoms with van der Waals surface area (Å²) < 4.78 is 4.42. The maximum atomic E-state index is 11.3. The Hall–Kier alpha value is -1.64. The van der Waals surface area contributed by atoms with E-state index < -0.39 is 0 Å². The van der Waals surface area contributed by atoms with Crippen molar-refractivity contribution in [2.24, 2.45) is 0 Å². The number of ether oxygens (including phenoxy) is 1. The Morgan fingerprint density at radius 2 is 2.00 bits per heavy atom. The first-order chi connectivity index (χ1) is 6.34. The molecule has 0 heterocycles. The van der Waals surface area contributed by atoms with Gasteiger partial charge >= 0.3 is 0 Å². The van der Waals surface area contributed by atoms with E-state index >= 15 is 0 Å². The normalized spacial score (nSPS) is 9.23. The van der Waals surface area contributed by atoms with Crippen LogP contribution in [0.1, 0.15) is 16.8 Å². The van der Waals surface area contributed by atoms with Gasteiger partial charge in [-0.05, 0) is 0 Å². The number of Topliss-reactive ketones (excluding diaryl/α,β-unsaturated/α-hetero) is 1. The second-order valence-corrected chi connectivity index (χ2v) is 2.51. The first-order valence-electron chi connectivity index (χ1n) is 3.98. The number of hydrogen-bond acceptors (Lipinski definition) is 3. The Labute approximate surface area is 76.3 Å². The van der Waals surface area contributed by atoms with Crippen LogP contribution in [-0.2, 0) is 9.53 Å². The van der Waals surface area contributed by atoms with Crippen LogP contribution >= 0.6 is 0 Å².